The average Bonchev–Trinajstić information content (AvgIpc) is 3.16. The van der Waals surface area contributed by atoms with E-state index in [1.165, 1.54) is 27.1 Å². The Morgan fingerprint density at radius 1 is 0.375 bits per heavy atom. The Morgan fingerprint density at radius 3 is 1.65 bits per heavy atom. The molecule has 8 rings (SSSR count). The first-order valence-corrected chi connectivity index (χ1v) is 16.5. The van der Waals surface area contributed by atoms with Crippen LogP contribution in [0.5, 0.6) is 0 Å². The molecule has 0 amide bonds. The van der Waals surface area contributed by atoms with Crippen LogP contribution in [0, 0.1) is 0 Å². The van der Waals surface area contributed by atoms with Crippen molar-refractivity contribution in [2.24, 2.45) is 5.73 Å². The number of nitrogen functional groups attached to an aromatic ring is 1. The van der Waals surface area contributed by atoms with Crippen LogP contribution in [0.1, 0.15) is 28.7 Å². The highest BCUT2D eigenvalue weighted by molar-refractivity contribution is 6.13. The van der Waals surface area contributed by atoms with Gasteiger partial charge in [0, 0.05) is 17.6 Å². The highest BCUT2D eigenvalue weighted by Gasteiger charge is 2.27. The van der Waals surface area contributed by atoms with Gasteiger partial charge in [0.1, 0.15) is 0 Å². The summed E-state index contributed by atoms with van der Waals surface area (Å²) in [7, 11) is 0. The van der Waals surface area contributed by atoms with Crippen LogP contribution in [-0.2, 0) is 0 Å². The molecule has 2 nitrogen and oxygen atoms in total. The zero-order chi connectivity index (χ0) is 32.5. The molecule has 0 heterocycles. The lowest BCUT2D eigenvalue weighted by molar-refractivity contribution is 0.631. The van der Waals surface area contributed by atoms with Crippen molar-refractivity contribution in [1.29, 1.82) is 0 Å². The molecule has 2 heteroatoms. The van der Waals surface area contributed by atoms with Crippen molar-refractivity contribution in [2.45, 2.75) is 12.0 Å². The van der Waals surface area contributed by atoms with Gasteiger partial charge < -0.3 is 11.5 Å². The minimum absolute atomic E-state index is 0.179. The number of nitrogens with two attached hydrogens (primary N) is 2. The molecular formula is C46H36N2. The first-order valence-electron chi connectivity index (χ1n) is 16.5. The number of anilines is 1. The molecule has 2 atom stereocenters. The standard InChI is InChI=1S/C46H36N2/c47-44-25-24-34(31-14-4-1-5-15-31)29-43(44)45(33-18-8-3-9-19-33)46(48)38-27-36(32-16-6-2-7-17-32)26-37(28-38)42-30-35-20-10-11-21-39(35)40-22-12-13-23-41(40)42/h1-30,45-46H,47-48H2/t45?,46-/m0/s1. The third-order valence-corrected chi connectivity index (χ3v) is 9.57. The Labute approximate surface area is 281 Å². The van der Waals surface area contributed by atoms with Gasteiger partial charge in [-0.2, -0.15) is 0 Å². The Hall–Kier alpha value is -5.96. The summed E-state index contributed by atoms with van der Waals surface area (Å²) in [4.78, 5) is 0. The maximum Gasteiger partial charge on any atom is 0.0406 e. The lowest BCUT2D eigenvalue weighted by Gasteiger charge is -2.28. The van der Waals surface area contributed by atoms with Gasteiger partial charge in [0.05, 0.1) is 0 Å². The van der Waals surface area contributed by atoms with Crippen molar-refractivity contribution in [1.82, 2.24) is 0 Å². The predicted octanol–water partition coefficient (Wildman–Crippen LogP) is 11.4. The molecule has 230 valence electrons. The molecule has 8 aromatic rings. The van der Waals surface area contributed by atoms with Crippen molar-refractivity contribution in [3.05, 3.63) is 199 Å². The minimum atomic E-state index is -0.380. The Bertz CT molecular complexity index is 2360. The van der Waals surface area contributed by atoms with E-state index in [2.05, 4.69) is 170 Å². The molecule has 0 aliphatic carbocycles. The van der Waals surface area contributed by atoms with Crippen LogP contribution in [0.4, 0.5) is 5.69 Å². The second-order valence-electron chi connectivity index (χ2n) is 12.5. The molecule has 0 aliphatic rings. The number of benzene rings is 8. The maximum atomic E-state index is 7.50. The van der Waals surface area contributed by atoms with Gasteiger partial charge in [-0.05, 0) is 108 Å². The molecular weight excluding hydrogens is 581 g/mol. The summed E-state index contributed by atoms with van der Waals surface area (Å²) in [6.07, 6.45) is 0. The van der Waals surface area contributed by atoms with E-state index in [0.717, 1.165) is 50.2 Å². The quantitative estimate of drug-likeness (QED) is 0.138. The summed E-state index contributed by atoms with van der Waals surface area (Å²) in [6, 6.07) is 64.1. The summed E-state index contributed by atoms with van der Waals surface area (Å²) >= 11 is 0. The van der Waals surface area contributed by atoms with Crippen LogP contribution in [-0.4, -0.2) is 0 Å². The molecule has 8 aromatic carbocycles. The fraction of sp³-hybridized carbons (Fsp3) is 0.0435. The monoisotopic (exact) mass is 616 g/mol. The van der Waals surface area contributed by atoms with Crippen LogP contribution in [0.2, 0.25) is 0 Å². The Kier molecular flexibility index (Phi) is 7.78. The van der Waals surface area contributed by atoms with Gasteiger partial charge in [-0.1, -0.05) is 146 Å². The van der Waals surface area contributed by atoms with Crippen molar-refractivity contribution in [2.75, 3.05) is 5.73 Å². The van der Waals surface area contributed by atoms with Gasteiger partial charge in [0.2, 0.25) is 0 Å². The van der Waals surface area contributed by atoms with Gasteiger partial charge in [-0.25, -0.2) is 0 Å². The molecule has 0 radical (unpaired) electrons. The second kappa shape index (κ2) is 12.7. The molecule has 1 unspecified atom stereocenters. The number of fused-ring (bicyclic) bond motifs is 3. The zero-order valence-corrected chi connectivity index (χ0v) is 26.6. The second-order valence-corrected chi connectivity index (χ2v) is 12.5. The van der Waals surface area contributed by atoms with Crippen LogP contribution in [0.3, 0.4) is 0 Å². The predicted molar refractivity (Wildman–Crippen MR) is 204 cm³/mol. The third kappa shape index (κ3) is 5.53. The average molecular weight is 617 g/mol. The highest BCUT2D eigenvalue weighted by atomic mass is 14.7. The van der Waals surface area contributed by atoms with E-state index >= 15 is 0 Å². The van der Waals surface area contributed by atoms with E-state index in [4.69, 9.17) is 11.5 Å². The Morgan fingerprint density at radius 2 is 0.938 bits per heavy atom. The van der Waals surface area contributed by atoms with Crippen molar-refractivity contribution < 1.29 is 0 Å². The minimum Gasteiger partial charge on any atom is -0.398 e. The van der Waals surface area contributed by atoms with Gasteiger partial charge in [0.15, 0.2) is 0 Å². The van der Waals surface area contributed by atoms with E-state index in [-0.39, 0.29) is 12.0 Å². The topological polar surface area (TPSA) is 52.0 Å². The van der Waals surface area contributed by atoms with Crippen LogP contribution in [0.15, 0.2) is 182 Å². The van der Waals surface area contributed by atoms with Gasteiger partial charge in [-0.15, -0.1) is 0 Å². The van der Waals surface area contributed by atoms with E-state index in [9.17, 15) is 0 Å². The molecule has 4 N–H and O–H groups in total. The van der Waals surface area contributed by atoms with Crippen molar-refractivity contribution >= 4 is 27.2 Å². The molecule has 0 aromatic heterocycles. The zero-order valence-electron chi connectivity index (χ0n) is 26.6. The lowest BCUT2D eigenvalue weighted by atomic mass is 9.79. The lowest BCUT2D eigenvalue weighted by Crippen LogP contribution is -2.22. The van der Waals surface area contributed by atoms with Gasteiger partial charge in [-0.3, -0.25) is 0 Å². The van der Waals surface area contributed by atoms with Gasteiger partial charge >= 0.3 is 0 Å². The van der Waals surface area contributed by atoms with E-state index in [1.807, 2.05) is 12.1 Å². The number of hydrogen-bond donors (Lipinski definition) is 2. The first-order chi connectivity index (χ1) is 23.6. The SMILES string of the molecule is Nc1ccc(-c2ccccc2)cc1C(c1ccccc1)[C@@H](N)c1cc(-c2ccccc2)cc(-c2cc3ccccc3c3ccccc23)c1. The fourth-order valence-electron chi connectivity index (χ4n) is 7.18. The van der Waals surface area contributed by atoms with Crippen LogP contribution >= 0.6 is 0 Å². The van der Waals surface area contributed by atoms with Crippen LogP contribution < -0.4 is 11.5 Å². The summed E-state index contributed by atoms with van der Waals surface area (Å²) in [6.45, 7) is 0. The van der Waals surface area contributed by atoms with Gasteiger partial charge in [0.25, 0.3) is 0 Å². The third-order valence-electron chi connectivity index (χ3n) is 9.57. The fourth-order valence-corrected chi connectivity index (χ4v) is 7.18. The molecule has 0 aliphatic heterocycles. The highest BCUT2D eigenvalue weighted by Crippen LogP contribution is 2.43. The normalized spacial score (nSPS) is 12.6. The number of rotatable bonds is 7. The first kappa shape index (κ1) is 29.4. The molecule has 48 heavy (non-hydrogen) atoms. The van der Waals surface area contributed by atoms with Crippen molar-refractivity contribution in [3.8, 4) is 33.4 Å². The van der Waals surface area contributed by atoms with Crippen LogP contribution in [0.25, 0.3) is 54.9 Å². The maximum absolute atomic E-state index is 7.50. The largest absolute Gasteiger partial charge is 0.398 e. The molecule has 0 fully saturated rings. The smallest absolute Gasteiger partial charge is 0.0406 e. The molecule has 0 spiro atoms. The summed E-state index contributed by atoms with van der Waals surface area (Å²) < 4.78 is 0. The van der Waals surface area contributed by atoms with E-state index in [1.54, 1.807) is 0 Å². The number of hydrogen-bond acceptors (Lipinski definition) is 2. The molecule has 0 saturated carbocycles. The summed E-state index contributed by atoms with van der Waals surface area (Å²) in [5.41, 5.74) is 25.2. The molecule has 0 bridgehead atoms. The van der Waals surface area contributed by atoms with E-state index in [0.29, 0.717) is 0 Å². The van der Waals surface area contributed by atoms with E-state index < -0.39 is 0 Å². The van der Waals surface area contributed by atoms with Crippen molar-refractivity contribution in [3.63, 3.8) is 0 Å². The molecule has 0 saturated heterocycles. The summed E-state index contributed by atoms with van der Waals surface area (Å²) in [5.74, 6) is -0.179. The summed E-state index contributed by atoms with van der Waals surface area (Å²) in [5, 5.41) is 4.94. The Balaban J connectivity index is 1.35.